The molecule has 2 aliphatic heterocycles. The van der Waals surface area contributed by atoms with E-state index in [1.807, 2.05) is 24.7 Å². The summed E-state index contributed by atoms with van der Waals surface area (Å²) < 4.78 is 7.90. The van der Waals surface area contributed by atoms with Gasteiger partial charge in [-0.1, -0.05) is 6.07 Å². The van der Waals surface area contributed by atoms with Crippen molar-refractivity contribution in [1.29, 1.82) is 0 Å². The van der Waals surface area contributed by atoms with Crippen LogP contribution < -0.4 is 5.32 Å². The Morgan fingerprint density at radius 1 is 1.06 bits per heavy atom. The Bertz CT molecular complexity index is 1130. The van der Waals surface area contributed by atoms with E-state index in [0.717, 1.165) is 63.2 Å². The number of hydrogen-bond acceptors (Lipinski definition) is 5. The van der Waals surface area contributed by atoms with Gasteiger partial charge in [0.2, 0.25) is 0 Å². The van der Waals surface area contributed by atoms with Gasteiger partial charge in [0.05, 0.1) is 31.0 Å². The number of rotatable bonds is 8. The molecule has 2 fully saturated rings. The Morgan fingerprint density at radius 3 is 2.60 bits per heavy atom. The van der Waals surface area contributed by atoms with Crippen LogP contribution in [-0.4, -0.2) is 68.8 Å². The van der Waals surface area contributed by atoms with Crippen molar-refractivity contribution in [2.45, 2.75) is 38.9 Å². The quantitative estimate of drug-likeness (QED) is 0.484. The first-order valence-electron chi connectivity index (χ1n) is 12.5. The molecule has 184 valence electrons. The Morgan fingerprint density at radius 2 is 1.86 bits per heavy atom. The van der Waals surface area contributed by atoms with E-state index in [9.17, 15) is 0 Å². The normalized spacial score (nSPS) is 20.9. The lowest BCUT2D eigenvalue weighted by molar-refractivity contribution is 0.0365. The SMILES string of the molecule is Cc1cc([C@H]2[C@@H](c3ccccn3)NC(=S)N2CCCN2CCOCC2)c(C)n1Cc1ccncc1. The molecule has 0 aromatic carbocycles. The van der Waals surface area contributed by atoms with Gasteiger partial charge >= 0.3 is 0 Å². The molecule has 8 heteroatoms. The molecule has 0 saturated carbocycles. The molecule has 0 bridgehead atoms. The molecule has 2 aliphatic rings. The summed E-state index contributed by atoms with van der Waals surface area (Å²) >= 11 is 5.89. The number of aryl methyl sites for hydroxylation is 1. The number of hydrogen-bond donors (Lipinski definition) is 1. The Labute approximate surface area is 213 Å². The van der Waals surface area contributed by atoms with Crippen LogP contribution in [0.2, 0.25) is 0 Å². The predicted octanol–water partition coefficient (Wildman–Crippen LogP) is 3.64. The molecule has 0 aliphatic carbocycles. The second kappa shape index (κ2) is 10.8. The summed E-state index contributed by atoms with van der Waals surface area (Å²) in [7, 11) is 0. The molecule has 0 spiro atoms. The van der Waals surface area contributed by atoms with Gasteiger partial charge in [0.15, 0.2) is 5.11 Å². The second-order valence-corrected chi connectivity index (χ2v) is 9.78. The Balaban J connectivity index is 1.43. The van der Waals surface area contributed by atoms with Gasteiger partial charge in [0, 0.05) is 62.7 Å². The topological polar surface area (TPSA) is 58.5 Å². The molecular weight excluding hydrogens is 456 g/mol. The fourth-order valence-electron chi connectivity index (χ4n) is 5.32. The van der Waals surface area contributed by atoms with Crippen LogP contribution in [0.3, 0.4) is 0 Å². The average molecular weight is 491 g/mol. The summed E-state index contributed by atoms with van der Waals surface area (Å²) in [6.07, 6.45) is 6.64. The van der Waals surface area contributed by atoms with Crippen molar-refractivity contribution >= 4 is 17.3 Å². The van der Waals surface area contributed by atoms with Crippen molar-refractivity contribution < 1.29 is 4.74 Å². The number of morpholine rings is 1. The van der Waals surface area contributed by atoms with Crippen LogP contribution >= 0.6 is 12.2 Å². The maximum atomic E-state index is 5.89. The minimum atomic E-state index is 0.0157. The van der Waals surface area contributed by atoms with Crippen molar-refractivity contribution in [2.24, 2.45) is 0 Å². The Hall–Kier alpha value is -2.81. The second-order valence-electron chi connectivity index (χ2n) is 9.40. The molecule has 0 radical (unpaired) electrons. The third-order valence-electron chi connectivity index (χ3n) is 7.20. The first-order valence-corrected chi connectivity index (χ1v) is 12.9. The van der Waals surface area contributed by atoms with Crippen molar-refractivity contribution in [2.75, 3.05) is 39.4 Å². The predicted molar refractivity (Wildman–Crippen MR) is 141 cm³/mol. The third kappa shape index (κ3) is 5.24. The summed E-state index contributed by atoms with van der Waals surface area (Å²) in [5.41, 5.74) is 6.10. The smallest absolute Gasteiger partial charge is 0.170 e. The minimum Gasteiger partial charge on any atom is -0.379 e. The lowest BCUT2D eigenvalue weighted by Crippen LogP contribution is -2.39. The number of aromatic nitrogens is 3. The molecule has 3 aromatic heterocycles. The van der Waals surface area contributed by atoms with Crippen LogP contribution in [-0.2, 0) is 11.3 Å². The van der Waals surface area contributed by atoms with E-state index in [1.54, 1.807) is 0 Å². The molecule has 1 N–H and O–H groups in total. The lowest BCUT2D eigenvalue weighted by atomic mass is 9.96. The minimum absolute atomic E-state index is 0.0157. The van der Waals surface area contributed by atoms with Gasteiger partial charge in [-0.15, -0.1) is 0 Å². The van der Waals surface area contributed by atoms with Crippen LogP contribution in [0.4, 0.5) is 0 Å². The molecule has 2 saturated heterocycles. The zero-order chi connectivity index (χ0) is 24.2. The van der Waals surface area contributed by atoms with E-state index in [4.69, 9.17) is 21.9 Å². The lowest BCUT2D eigenvalue weighted by Gasteiger charge is -2.30. The summed E-state index contributed by atoms with van der Waals surface area (Å²) in [4.78, 5) is 13.7. The maximum absolute atomic E-state index is 5.89. The maximum Gasteiger partial charge on any atom is 0.170 e. The zero-order valence-electron chi connectivity index (χ0n) is 20.6. The van der Waals surface area contributed by atoms with E-state index in [-0.39, 0.29) is 12.1 Å². The largest absolute Gasteiger partial charge is 0.379 e. The van der Waals surface area contributed by atoms with Crippen LogP contribution in [0.5, 0.6) is 0 Å². The highest BCUT2D eigenvalue weighted by atomic mass is 32.1. The standard InChI is InChI=1S/C27H34N6OS/c1-20-18-23(21(2)33(20)19-22-7-10-28-11-8-22)26-25(24-6-3-4-9-29-24)30-27(35)32(26)13-5-12-31-14-16-34-17-15-31/h3-4,6-11,18,25-26H,5,12-17,19H2,1-2H3,(H,30,35)/t25-,26+/m1/s1. The molecule has 5 rings (SSSR count). The van der Waals surface area contributed by atoms with E-state index in [2.05, 4.69) is 68.8 Å². The highest BCUT2D eigenvalue weighted by Gasteiger charge is 2.41. The van der Waals surface area contributed by atoms with Gasteiger partial charge in [-0.3, -0.25) is 14.9 Å². The highest BCUT2D eigenvalue weighted by molar-refractivity contribution is 7.80. The molecule has 5 heterocycles. The summed E-state index contributed by atoms with van der Waals surface area (Å²) in [5, 5.41) is 4.42. The summed E-state index contributed by atoms with van der Waals surface area (Å²) in [5.74, 6) is 0. The van der Waals surface area contributed by atoms with Crippen molar-refractivity contribution in [3.05, 3.63) is 83.2 Å². The molecule has 35 heavy (non-hydrogen) atoms. The van der Waals surface area contributed by atoms with Gasteiger partial charge in [-0.25, -0.2) is 0 Å². The average Bonchev–Trinajstić information content (AvgIpc) is 3.36. The molecule has 0 amide bonds. The van der Waals surface area contributed by atoms with Crippen LogP contribution in [0.25, 0.3) is 0 Å². The molecule has 7 nitrogen and oxygen atoms in total. The van der Waals surface area contributed by atoms with Gasteiger partial charge in [-0.2, -0.15) is 0 Å². The zero-order valence-corrected chi connectivity index (χ0v) is 21.4. The van der Waals surface area contributed by atoms with Crippen molar-refractivity contribution in [1.82, 2.24) is 29.7 Å². The Kier molecular flexibility index (Phi) is 7.41. The molecule has 2 atom stereocenters. The van der Waals surface area contributed by atoms with E-state index >= 15 is 0 Å². The van der Waals surface area contributed by atoms with Gasteiger partial charge in [-0.05, 0) is 73.9 Å². The number of pyridine rings is 2. The summed E-state index contributed by atoms with van der Waals surface area (Å²) in [6.45, 7) is 10.9. The van der Waals surface area contributed by atoms with E-state index in [1.165, 1.54) is 22.5 Å². The van der Waals surface area contributed by atoms with Crippen LogP contribution in [0, 0.1) is 13.8 Å². The number of ether oxygens (including phenoxy) is 1. The van der Waals surface area contributed by atoms with E-state index < -0.39 is 0 Å². The summed E-state index contributed by atoms with van der Waals surface area (Å²) in [6, 6.07) is 12.7. The van der Waals surface area contributed by atoms with Crippen molar-refractivity contribution in [3.8, 4) is 0 Å². The van der Waals surface area contributed by atoms with Crippen molar-refractivity contribution in [3.63, 3.8) is 0 Å². The fraction of sp³-hybridized carbons (Fsp3) is 0.444. The third-order valence-corrected chi connectivity index (χ3v) is 7.55. The number of thiocarbonyl (C=S) groups is 1. The monoisotopic (exact) mass is 490 g/mol. The molecular formula is C27H34N6OS. The van der Waals surface area contributed by atoms with Gasteiger partial charge in [0.1, 0.15) is 0 Å². The van der Waals surface area contributed by atoms with Crippen LogP contribution in [0.1, 0.15) is 46.7 Å². The van der Waals surface area contributed by atoms with Gasteiger partial charge < -0.3 is 19.5 Å². The fourth-order valence-corrected chi connectivity index (χ4v) is 5.65. The number of nitrogens with zero attached hydrogens (tertiary/aromatic N) is 5. The molecule has 0 unspecified atom stereocenters. The highest BCUT2D eigenvalue weighted by Crippen LogP contribution is 2.41. The number of nitrogens with one attached hydrogen (secondary N) is 1. The first-order chi connectivity index (χ1) is 17.1. The van der Waals surface area contributed by atoms with Gasteiger partial charge in [0.25, 0.3) is 0 Å². The van der Waals surface area contributed by atoms with Crippen LogP contribution in [0.15, 0.2) is 55.0 Å². The van der Waals surface area contributed by atoms with E-state index in [0.29, 0.717) is 0 Å². The molecule has 3 aromatic rings. The first kappa shape index (κ1) is 23.9.